The fraction of sp³-hybridized carbons (Fsp3) is 0.429. The molecule has 0 aliphatic heterocycles. The molecule has 1 aromatic carbocycles. The normalized spacial score (nSPS) is 13.2. The number of hydrogen-bond acceptors (Lipinski definition) is 6. The summed E-state index contributed by atoms with van der Waals surface area (Å²) in [6, 6.07) is 5.77. The lowest BCUT2D eigenvalue weighted by atomic mass is 10.1. The Morgan fingerprint density at radius 1 is 1.32 bits per heavy atom. The number of amides is 2. The van der Waals surface area contributed by atoms with E-state index >= 15 is 0 Å². The summed E-state index contributed by atoms with van der Waals surface area (Å²) < 4.78 is 0. The first-order chi connectivity index (χ1) is 10.5. The molecular weight excluding hydrogens is 304 g/mol. The molecule has 7 N–H and O–H groups in total. The number of hydrazine groups is 1. The highest BCUT2D eigenvalue weighted by Gasteiger charge is 2.23. The first-order valence-corrected chi connectivity index (χ1v) is 8.09. The zero-order valence-electron chi connectivity index (χ0n) is 12.4. The van der Waals surface area contributed by atoms with E-state index in [1.165, 1.54) is 6.07 Å². The number of aliphatic hydroxyl groups excluding tert-OH is 1. The van der Waals surface area contributed by atoms with Gasteiger partial charge in [0.25, 0.3) is 11.8 Å². The number of carbonyl (C=O) groups excluding carboxylic acids is 2. The van der Waals surface area contributed by atoms with Gasteiger partial charge in [0.05, 0.1) is 5.56 Å². The third kappa shape index (κ3) is 5.55. The molecule has 0 bridgehead atoms. The molecule has 0 fully saturated rings. The van der Waals surface area contributed by atoms with Crippen molar-refractivity contribution in [3.05, 3.63) is 29.8 Å². The number of benzene rings is 1. The van der Waals surface area contributed by atoms with Gasteiger partial charge in [-0.25, -0.2) is 0 Å². The van der Waals surface area contributed by atoms with E-state index in [1.807, 2.05) is 6.92 Å². The molecule has 22 heavy (non-hydrogen) atoms. The number of aliphatic hydroxyl groups is 1. The van der Waals surface area contributed by atoms with Crippen molar-refractivity contribution in [2.75, 3.05) is 17.2 Å². The molecule has 2 atom stereocenters. The molecule has 1 rings (SSSR count). The van der Waals surface area contributed by atoms with Crippen LogP contribution in [0, 0.1) is 0 Å². The van der Waals surface area contributed by atoms with Crippen LogP contribution in [0.3, 0.4) is 0 Å². The molecule has 2 amide bonds. The smallest absolute Gasteiger partial charge is 0.271 e. The Hall–Kier alpha value is -1.77. The van der Waals surface area contributed by atoms with Gasteiger partial charge in [0.1, 0.15) is 6.10 Å². The van der Waals surface area contributed by atoms with E-state index in [-0.39, 0.29) is 5.56 Å². The molecule has 0 saturated carbocycles. The SMILES string of the molecule is CCSCC[C@@H](N)C(O)C(=O)NNC(=O)c1ccccc1N. The Kier molecular flexibility index (Phi) is 7.72. The van der Waals surface area contributed by atoms with E-state index in [9.17, 15) is 14.7 Å². The Morgan fingerprint density at radius 3 is 2.64 bits per heavy atom. The largest absolute Gasteiger partial charge is 0.398 e. The first-order valence-electron chi connectivity index (χ1n) is 6.93. The van der Waals surface area contributed by atoms with E-state index in [2.05, 4.69) is 10.9 Å². The van der Waals surface area contributed by atoms with Crippen LogP contribution in [0.25, 0.3) is 0 Å². The van der Waals surface area contributed by atoms with E-state index < -0.39 is 24.0 Å². The van der Waals surface area contributed by atoms with Crippen LogP contribution in [-0.4, -0.2) is 40.6 Å². The van der Waals surface area contributed by atoms with Crippen LogP contribution < -0.4 is 22.3 Å². The van der Waals surface area contributed by atoms with Gasteiger partial charge in [0.15, 0.2) is 0 Å². The molecule has 8 heteroatoms. The van der Waals surface area contributed by atoms with Gasteiger partial charge >= 0.3 is 0 Å². The number of thioether (sulfide) groups is 1. The van der Waals surface area contributed by atoms with Crippen LogP contribution in [0.4, 0.5) is 5.69 Å². The number of rotatable bonds is 7. The Labute approximate surface area is 133 Å². The van der Waals surface area contributed by atoms with Gasteiger partial charge in [-0.3, -0.25) is 20.4 Å². The van der Waals surface area contributed by atoms with Gasteiger partial charge < -0.3 is 16.6 Å². The zero-order chi connectivity index (χ0) is 16.5. The van der Waals surface area contributed by atoms with Crippen molar-refractivity contribution in [2.24, 2.45) is 5.73 Å². The molecule has 0 radical (unpaired) electrons. The van der Waals surface area contributed by atoms with Gasteiger partial charge in [-0.15, -0.1) is 0 Å². The van der Waals surface area contributed by atoms with Crippen LogP contribution in [-0.2, 0) is 4.79 Å². The predicted molar refractivity (Wildman–Crippen MR) is 88.1 cm³/mol. The van der Waals surface area contributed by atoms with Crippen LogP contribution in [0.15, 0.2) is 24.3 Å². The standard InChI is InChI=1S/C14H22N4O3S/c1-2-22-8-7-11(16)12(19)14(21)18-17-13(20)9-5-3-4-6-10(9)15/h3-6,11-12,19H,2,7-8,15-16H2,1H3,(H,17,20)(H,18,21)/t11-,12?/m1/s1. The van der Waals surface area contributed by atoms with Crippen LogP contribution in [0.2, 0.25) is 0 Å². The molecular formula is C14H22N4O3S. The van der Waals surface area contributed by atoms with Crippen molar-refractivity contribution in [1.29, 1.82) is 0 Å². The second kappa shape index (κ2) is 9.29. The Bertz CT molecular complexity index is 513. The number of carbonyl (C=O) groups is 2. The minimum absolute atomic E-state index is 0.237. The average Bonchev–Trinajstić information content (AvgIpc) is 2.52. The summed E-state index contributed by atoms with van der Waals surface area (Å²) in [5, 5.41) is 9.80. The maximum Gasteiger partial charge on any atom is 0.271 e. The summed E-state index contributed by atoms with van der Waals surface area (Å²) in [7, 11) is 0. The van der Waals surface area contributed by atoms with Gasteiger partial charge in [-0.1, -0.05) is 19.1 Å². The van der Waals surface area contributed by atoms with Crippen molar-refractivity contribution in [1.82, 2.24) is 10.9 Å². The molecule has 0 aliphatic carbocycles. The second-order valence-corrected chi connectivity index (χ2v) is 6.02. The quantitative estimate of drug-likeness (QED) is 0.269. The van der Waals surface area contributed by atoms with Crippen LogP contribution in [0.5, 0.6) is 0 Å². The molecule has 122 valence electrons. The number of anilines is 1. The van der Waals surface area contributed by atoms with Gasteiger partial charge in [-0.2, -0.15) is 11.8 Å². The lowest BCUT2D eigenvalue weighted by Gasteiger charge is -2.18. The predicted octanol–water partition coefficient (Wildman–Crippen LogP) is -0.139. The van der Waals surface area contributed by atoms with Crippen molar-refractivity contribution < 1.29 is 14.7 Å². The first kappa shape index (κ1) is 18.3. The summed E-state index contributed by atoms with van der Waals surface area (Å²) in [6.07, 6.45) is -0.877. The molecule has 1 unspecified atom stereocenters. The maximum atomic E-state index is 11.9. The molecule has 1 aromatic rings. The Morgan fingerprint density at radius 2 is 2.00 bits per heavy atom. The monoisotopic (exact) mass is 326 g/mol. The number of nitrogens with one attached hydrogen (secondary N) is 2. The highest BCUT2D eigenvalue weighted by molar-refractivity contribution is 7.99. The maximum absolute atomic E-state index is 11.9. The van der Waals surface area contributed by atoms with Gasteiger partial charge in [0, 0.05) is 11.7 Å². The van der Waals surface area contributed by atoms with E-state index in [0.717, 1.165) is 11.5 Å². The summed E-state index contributed by atoms with van der Waals surface area (Å²) in [6.45, 7) is 2.02. The second-order valence-electron chi connectivity index (χ2n) is 4.62. The highest BCUT2D eigenvalue weighted by atomic mass is 32.2. The minimum Gasteiger partial charge on any atom is -0.398 e. The molecule has 0 saturated heterocycles. The summed E-state index contributed by atoms with van der Waals surface area (Å²) in [5.41, 5.74) is 16.3. The van der Waals surface area contributed by atoms with Crippen molar-refractivity contribution >= 4 is 29.3 Å². The molecule has 0 aromatic heterocycles. The fourth-order valence-electron chi connectivity index (χ4n) is 1.68. The van der Waals surface area contributed by atoms with E-state index in [4.69, 9.17) is 11.5 Å². The fourth-order valence-corrected chi connectivity index (χ4v) is 2.41. The van der Waals surface area contributed by atoms with Crippen molar-refractivity contribution in [3.8, 4) is 0 Å². The summed E-state index contributed by atoms with van der Waals surface area (Å²) in [5.74, 6) is 0.393. The molecule has 7 nitrogen and oxygen atoms in total. The minimum atomic E-state index is -1.38. The lowest BCUT2D eigenvalue weighted by Crippen LogP contribution is -2.52. The third-order valence-corrected chi connectivity index (χ3v) is 3.91. The summed E-state index contributed by atoms with van der Waals surface area (Å²) >= 11 is 1.68. The van der Waals surface area contributed by atoms with Crippen molar-refractivity contribution in [2.45, 2.75) is 25.5 Å². The number of para-hydroxylation sites is 1. The number of hydrogen-bond donors (Lipinski definition) is 5. The average molecular weight is 326 g/mol. The molecule has 0 spiro atoms. The zero-order valence-corrected chi connectivity index (χ0v) is 13.2. The molecule has 0 aliphatic rings. The molecule has 0 heterocycles. The number of nitrogens with two attached hydrogens (primary N) is 2. The highest BCUT2D eigenvalue weighted by Crippen LogP contribution is 2.09. The number of nitrogen functional groups attached to an aromatic ring is 1. The summed E-state index contributed by atoms with van der Waals surface area (Å²) in [4.78, 5) is 23.6. The van der Waals surface area contributed by atoms with E-state index in [0.29, 0.717) is 12.1 Å². The lowest BCUT2D eigenvalue weighted by molar-refractivity contribution is -0.131. The van der Waals surface area contributed by atoms with Gasteiger partial charge in [0.2, 0.25) is 0 Å². The third-order valence-electron chi connectivity index (χ3n) is 2.98. The van der Waals surface area contributed by atoms with Crippen molar-refractivity contribution in [3.63, 3.8) is 0 Å². The Balaban J connectivity index is 2.45. The van der Waals surface area contributed by atoms with Crippen LogP contribution in [0.1, 0.15) is 23.7 Å². The van der Waals surface area contributed by atoms with Gasteiger partial charge in [-0.05, 0) is 30.1 Å². The topological polar surface area (TPSA) is 130 Å². The van der Waals surface area contributed by atoms with Crippen LogP contribution >= 0.6 is 11.8 Å². The van der Waals surface area contributed by atoms with E-state index in [1.54, 1.807) is 30.0 Å².